The predicted molar refractivity (Wildman–Crippen MR) is 188 cm³/mol. The number of hydrogen-bond acceptors (Lipinski definition) is 5. The highest BCUT2D eigenvalue weighted by molar-refractivity contribution is 6.09. The van der Waals surface area contributed by atoms with E-state index in [1.807, 2.05) is 85.5 Å². The van der Waals surface area contributed by atoms with Gasteiger partial charge in [-0.15, -0.1) is 0 Å². The summed E-state index contributed by atoms with van der Waals surface area (Å²) in [4.78, 5) is 42.7. The maximum absolute atomic E-state index is 13.5. The molecule has 1 aliphatic heterocycles. The molecule has 4 aromatic carbocycles. The molecule has 0 aromatic heterocycles. The van der Waals surface area contributed by atoms with Gasteiger partial charge in [-0.1, -0.05) is 54.1 Å². The van der Waals surface area contributed by atoms with Crippen LogP contribution in [0.5, 0.6) is 5.75 Å². The molecule has 1 aliphatic rings. The minimum absolute atomic E-state index is 0.187. The molecule has 0 saturated carbocycles. The Kier molecular flexibility index (Phi) is 11.4. The first-order valence-corrected chi connectivity index (χ1v) is 16.4. The Morgan fingerprint density at radius 1 is 0.830 bits per heavy atom. The van der Waals surface area contributed by atoms with Crippen LogP contribution in [0, 0.1) is 13.8 Å². The zero-order chi connectivity index (χ0) is 33.2. The van der Waals surface area contributed by atoms with Gasteiger partial charge in [-0.05, 0) is 92.3 Å². The molecule has 1 saturated heterocycles. The Labute approximate surface area is 277 Å². The number of hydrogen-bond donors (Lipinski definition) is 2. The second kappa shape index (κ2) is 16.1. The summed E-state index contributed by atoms with van der Waals surface area (Å²) in [5, 5.41) is 6.25. The zero-order valence-electron chi connectivity index (χ0n) is 27.6. The number of rotatable bonds is 12. The van der Waals surface area contributed by atoms with Crippen LogP contribution in [0.1, 0.15) is 57.5 Å². The van der Waals surface area contributed by atoms with Crippen molar-refractivity contribution in [2.24, 2.45) is 0 Å². The van der Waals surface area contributed by atoms with E-state index in [-0.39, 0.29) is 17.7 Å². The second-order valence-electron chi connectivity index (χ2n) is 12.1. The number of carbonyl (C=O) groups excluding carboxylic acids is 3. The van der Waals surface area contributed by atoms with Crippen molar-refractivity contribution in [3.05, 3.63) is 113 Å². The zero-order valence-corrected chi connectivity index (χ0v) is 27.6. The van der Waals surface area contributed by atoms with Gasteiger partial charge >= 0.3 is 0 Å². The number of unbranched alkanes of at least 4 members (excludes halogenated alkanes) is 2. The molecular formula is C39H44N4O4. The first kappa shape index (κ1) is 33.4. The number of amides is 3. The average molecular weight is 633 g/mol. The molecular weight excluding hydrogens is 588 g/mol. The van der Waals surface area contributed by atoms with Gasteiger partial charge in [0.1, 0.15) is 5.75 Å². The van der Waals surface area contributed by atoms with Gasteiger partial charge in [0.2, 0.25) is 5.91 Å². The molecule has 0 radical (unpaired) electrons. The maximum Gasteiger partial charge on any atom is 0.258 e. The van der Waals surface area contributed by atoms with Crippen LogP contribution in [0.25, 0.3) is 11.1 Å². The standard InChI is InChI=1S/C39H44N4O4/c1-28-12-15-30(16-13-28)33-9-6-7-10-34(33)38(45)41-32-19-17-31(18-20-32)39(46)42(3)35-21-14-29(2)27-36(35)47-26-8-4-5-11-37(44)43-24-22-40-23-25-43/h6-7,9-10,12-21,27,40H,4-5,8,11,22-26H2,1-3H3,(H,41,45). The number of nitrogens with one attached hydrogen (secondary N) is 2. The van der Waals surface area contributed by atoms with Crippen LogP contribution in [-0.2, 0) is 4.79 Å². The highest BCUT2D eigenvalue weighted by atomic mass is 16.5. The van der Waals surface area contributed by atoms with Crippen molar-refractivity contribution in [2.75, 3.05) is 50.1 Å². The van der Waals surface area contributed by atoms with Crippen molar-refractivity contribution in [1.29, 1.82) is 0 Å². The molecule has 0 atom stereocenters. The van der Waals surface area contributed by atoms with Gasteiger partial charge in [-0.25, -0.2) is 0 Å². The molecule has 8 heteroatoms. The summed E-state index contributed by atoms with van der Waals surface area (Å²) in [5.74, 6) is 0.471. The van der Waals surface area contributed by atoms with Crippen LogP contribution in [-0.4, -0.2) is 62.5 Å². The van der Waals surface area contributed by atoms with Gasteiger partial charge in [-0.3, -0.25) is 14.4 Å². The number of ether oxygens (including phenoxy) is 1. The van der Waals surface area contributed by atoms with E-state index in [2.05, 4.69) is 10.6 Å². The Morgan fingerprint density at radius 2 is 1.53 bits per heavy atom. The van der Waals surface area contributed by atoms with Gasteiger partial charge in [0, 0.05) is 56.5 Å². The number of benzene rings is 4. The third-order valence-electron chi connectivity index (χ3n) is 8.47. The second-order valence-corrected chi connectivity index (χ2v) is 12.1. The molecule has 4 aromatic rings. The van der Waals surface area contributed by atoms with Crippen LogP contribution in [0.4, 0.5) is 11.4 Å². The van der Waals surface area contributed by atoms with E-state index in [0.29, 0.717) is 41.3 Å². The van der Waals surface area contributed by atoms with Crippen LogP contribution in [0.2, 0.25) is 0 Å². The summed E-state index contributed by atoms with van der Waals surface area (Å²) in [6.45, 7) is 7.83. The van der Waals surface area contributed by atoms with Gasteiger partial charge in [0.15, 0.2) is 0 Å². The third kappa shape index (κ3) is 8.86. The molecule has 2 N–H and O–H groups in total. The van der Waals surface area contributed by atoms with E-state index in [4.69, 9.17) is 4.74 Å². The Bertz CT molecular complexity index is 1680. The Morgan fingerprint density at radius 3 is 2.28 bits per heavy atom. The number of anilines is 2. The minimum Gasteiger partial charge on any atom is -0.491 e. The van der Waals surface area contributed by atoms with Gasteiger partial charge in [-0.2, -0.15) is 0 Å². The van der Waals surface area contributed by atoms with Crippen LogP contribution in [0.15, 0.2) is 91.0 Å². The van der Waals surface area contributed by atoms with Crippen molar-refractivity contribution in [3.8, 4) is 16.9 Å². The van der Waals surface area contributed by atoms with Gasteiger partial charge in [0.05, 0.1) is 12.3 Å². The molecule has 1 fully saturated rings. The SMILES string of the molecule is Cc1ccc(-c2ccccc2C(=O)Nc2ccc(C(=O)N(C)c3ccc(C)cc3OCCCCCC(=O)N3CCNCC3)cc2)cc1. The Balaban J connectivity index is 1.16. The highest BCUT2D eigenvalue weighted by Gasteiger charge is 2.19. The van der Waals surface area contributed by atoms with E-state index in [1.165, 1.54) is 0 Å². The molecule has 0 unspecified atom stereocenters. The molecule has 8 nitrogen and oxygen atoms in total. The number of nitrogens with zero attached hydrogens (tertiary/aromatic N) is 2. The fraction of sp³-hybridized carbons (Fsp3) is 0.308. The predicted octanol–water partition coefficient (Wildman–Crippen LogP) is 6.87. The van der Waals surface area contributed by atoms with Crippen molar-refractivity contribution >= 4 is 29.1 Å². The number of carbonyl (C=O) groups is 3. The first-order valence-electron chi connectivity index (χ1n) is 16.4. The molecule has 0 spiro atoms. The lowest BCUT2D eigenvalue weighted by molar-refractivity contribution is -0.131. The smallest absolute Gasteiger partial charge is 0.258 e. The molecule has 5 rings (SSSR count). The summed E-state index contributed by atoms with van der Waals surface area (Å²) in [6, 6.07) is 28.4. The molecule has 0 aliphatic carbocycles. The lowest BCUT2D eigenvalue weighted by Gasteiger charge is -2.27. The molecule has 1 heterocycles. The van der Waals surface area contributed by atoms with E-state index >= 15 is 0 Å². The monoisotopic (exact) mass is 632 g/mol. The fourth-order valence-corrected chi connectivity index (χ4v) is 5.69. The van der Waals surface area contributed by atoms with E-state index in [9.17, 15) is 14.4 Å². The molecule has 0 bridgehead atoms. The molecule has 244 valence electrons. The molecule has 3 amide bonds. The summed E-state index contributed by atoms with van der Waals surface area (Å²) >= 11 is 0. The average Bonchev–Trinajstić information content (AvgIpc) is 3.10. The summed E-state index contributed by atoms with van der Waals surface area (Å²) in [5.41, 5.74) is 6.37. The largest absolute Gasteiger partial charge is 0.491 e. The highest BCUT2D eigenvalue weighted by Crippen LogP contribution is 2.31. The lowest BCUT2D eigenvalue weighted by Crippen LogP contribution is -2.46. The summed E-state index contributed by atoms with van der Waals surface area (Å²) in [7, 11) is 1.74. The van der Waals surface area contributed by atoms with Crippen molar-refractivity contribution < 1.29 is 19.1 Å². The van der Waals surface area contributed by atoms with Gasteiger partial charge in [0.25, 0.3) is 11.8 Å². The lowest BCUT2D eigenvalue weighted by atomic mass is 9.98. The van der Waals surface area contributed by atoms with E-state index < -0.39 is 0 Å². The normalized spacial score (nSPS) is 12.8. The van der Waals surface area contributed by atoms with Gasteiger partial charge < -0.3 is 25.2 Å². The first-order chi connectivity index (χ1) is 22.8. The summed E-state index contributed by atoms with van der Waals surface area (Å²) in [6.07, 6.45) is 3.12. The van der Waals surface area contributed by atoms with Crippen LogP contribution in [0.3, 0.4) is 0 Å². The van der Waals surface area contributed by atoms with Crippen LogP contribution >= 0.6 is 0 Å². The number of aryl methyl sites for hydroxylation is 2. The fourth-order valence-electron chi connectivity index (χ4n) is 5.69. The van der Waals surface area contributed by atoms with Crippen molar-refractivity contribution in [3.63, 3.8) is 0 Å². The Hall–Kier alpha value is -4.95. The quantitative estimate of drug-likeness (QED) is 0.166. The number of piperazine rings is 1. The summed E-state index contributed by atoms with van der Waals surface area (Å²) < 4.78 is 6.16. The van der Waals surface area contributed by atoms with E-state index in [1.54, 1.807) is 36.2 Å². The van der Waals surface area contributed by atoms with Crippen molar-refractivity contribution in [1.82, 2.24) is 10.2 Å². The maximum atomic E-state index is 13.5. The third-order valence-corrected chi connectivity index (χ3v) is 8.47. The molecule has 47 heavy (non-hydrogen) atoms. The van der Waals surface area contributed by atoms with E-state index in [0.717, 1.165) is 67.7 Å². The van der Waals surface area contributed by atoms with Crippen molar-refractivity contribution in [2.45, 2.75) is 39.5 Å². The topological polar surface area (TPSA) is 91.0 Å². The van der Waals surface area contributed by atoms with Crippen LogP contribution < -0.4 is 20.3 Å². The minimum atomic E-state index is -0.218.